The van der Waals surface area contributed by atoms with Crippen molar-refractivity contribution >= 4 is 15.9 Å². The van der Waals surface area contributed by atoms with Crippen molar-refractivity contribution in [1.82, 2.24) is 14.5 Å². The number of carbonyl (C=O) groups is 1. The first-order valence-corrected chi connectivity index (χ1v) is 9.76. The molecule has 1 N–H and O–H groups in total. The van der Waals surface area contributed by atoms with E-state index < -0.39 is 10.0 Å². The Morgan fingerprint density at radius 3 is 2.62 bits per heavy atom. The van der Waals surface area contributed by atoms with Crippen LogP contribution in [-0.4, -0.2) is 69.1 Å². The number of nitrogens with one attached hydrogen (secondary N) is 1. The lowest BCUT2D eigenvalue weighted by molar-refractivity contribution is -0.119. The fraction of sp³-hybridized carbons (Fsp3) is 0.688. The van der Waals surface area contributed by atoms with Gasteiger partial charge >= 0.3 is 0 Å². The van der Waals surface area contributed by atoms with Gasteiger partial charge in [0.1, 0.15) is 11.5 Å². The van der Waals surface area contributed by atoms with Crippen LogP contribution in [0.1, 0.15) is 30.8 Å². The first-order chi connectivity index (χ1) is 11.2. The van der Waals surface area contributed by atoms with Gasteiger partial charge in [0.05, 0.1) is 17.7 Å². The van der Waals surface area contributed by atoms with Gasteiger partial charge in [0, 0.05) is 34.1 Å². The Morgan fingerprint density at radius 1 is 1.38 bits per heavy atom. The van der Waals surface area contributed by atoms with Crippen LogP contribution in [0.5, 0.6) is 0 Å². The molecule has 1 aliphatic heterocycles. The number of sulfonamides is 1. The molecule has 136 valence electrons. The van der Waals surface area contributed by atoms with E-state index in [4.69, 9.17) is 4.42 Å². The molecule has 7 nitrogen and oxygen atoms in total. The maximum absolute atomic E-state index is 11.8. The van der Waals surface area contributed by atoms with Gasteiger partial charge < -0.3 is 14.6 Å². The minimum atomic E-state index is -3.17. The minimum Gasteiger partial charge on any atom is -0.466 e. The van der Waals surface area contributed by atoms with E-state index in [1.165, 1.54) is 11.2 Å². The molecule has 2 atom stereocenters. The summed E-state index contributed by atoms with van der Waals surface area (Å²) in [5.74, 6) is 1.88. The average molecular weight is 357 g/mol. The van der Waals surface area contributed by atoms with Crippen LogP contribution >= 0.6 is 0 Å². The highest BCUT2D eigenvalue weighted by atomic mass is 32.2. The van der Waals surface area contributed by atoms with E-state index in [-0.39, 0.29) is 23.6 Å². The van der Waals surface area contributed by atoms with Gasteiger partial charge in [-0.3, -0.25) is 4.79 Å². The number of rotatable bonds is 7. The van der Waals surface area contributed by atoms with Crippen molar-refractivity contribution in [3.63, 3.8) is 0 Å². The van der Waals surface area contributed by atoms with E-state index in [0.717, 1.165) is 18.1 Å². The van der Waals surface area contributed by atoms with Crippen LogP contribution in [0.3, 0.4) is 0 Å². The van der Waals surface area contributed by atoms with Gasteiger partial charge in [-0.15, -0.1) is 0 Å². The molecule has 8 heteroatoms. The fourth-order valence-corrected chi connectivity index (χ4v) is 3.93. The van der Waals surface area contributed by atoms with Crippen LogP contribution in [0.15, 0.2) is 16.5 Å². The van der Waals surface area contributed by atoms with Crippen molar-refractivity contribution in [1.29, 1.82) is 0 Å². The second kappa shape index (κ2) is 7.67. The highest BCUT2D eigenvalue weighted by Gasteiger charge is 2.36. The molecule has 24 heavy (non-hydrogen) atoms. The number of nitrogens with zero attached hydrogens (tertiary/aromatic N) is 2. The van der Waals surface area contributed by atoms with Gasteiger partial charge in [-0.25, -0.2) is 12.7 Å². The molecule has 0 unspecified atom stereocenters. The summed E-state index contributed by atoms with van der Waals surface area (Å²) < 4.78 is 30.7. The molecule has 2 rings (SSSR count). The predicted octanol–water partition coefficient (Wildman–Crippen LogP) is 0.773. The molecule has 1 aromatic heterocycles. The number of amides is 1. The molecule has 0 saturated carbocycles. The zero-order valence-electron chi connectivity index (χ0n) is 14.8. The van der Waals surface area contributed by atoms with E-state index in [1.807, 2.05) is 19.1 Å². The number of carbonyl (C=O) groups excluding carboxylic acids is 1. The summed E-state index contributed by atoms with van der Waals surface area (Å²) in [4.78, 5) is 13.7. The van der Waals surface area contributed by atoms with Crippen molar-refractivity contribution in [3.8, 4) is 0 Å². The van der Waals surface area contributed by atoms with Crippen LogP contribution < -0.4 is 5.32 Å². The Hall–Kier alpha value is -1.38. The Kier molecular flexibility index (Phi) is 6.06. The van der Waals surface area contributed by atoms with Crippen LogP contribution in [-0.2, 0) is 14.8 Å². The normalized spacial score (nSPS) is 22.2. The highest BCUT2D eigenvalue weighted by molar-refractivity contribution is 7.89. The molecule has 2 heterocycles. The average Bonchev–Trinajstić information content (AvgIpc) is 3.04. The van der Waals surface area contributed by atoms with E-state index in [2.05, 4.69) is 10.2 Å². The Balaban J connectivity index is 1.97. The third-order valence-electron chi connectivity index (χ3n) is 4.34. The van der Waals surface area contributed by atoms with Crippen LogP contribution in [0.25, 0.3) is 0 Å². The lowest BCUT2D eigenvalue weighted by Gasteiger charge is -2.17. The highest BCUT2D eigenvalue weighted by Crippen LogP contribution is 2.29. The maximum atomic E-state index is 11.8. The molecular weight excluding hydrogens is 330 g/mol. The zero-order chi connectivity index (χ0) is 17.9. The molecule has 1 saturated heterocycles. The summed E-state index contributed by atoms with van der Waals surface area (Å²) in [7, 11) is -0.0686. The molecule has 0 radical (unpaired) electrons. The smallest absolute Gasteiger partial charge is 0.217 e. The van der Waals surface area contributed by atoms with Gasteiger partial charge in [0.2, 0.25) is 15.9 Å². The van der Waals surface area contributed by atoms with Crippen molar-refractivity contribution in [3.05, 3.63) is 23.7 Å². The lowest BCUT2D eigenvalue weighted by Crippen LogP contribution is -2.38. The van der Waals surface area contributed by atoms with E-state index in [1.54, 1.807) is 14.1 Å². The van der Waals surface area contributed by atoms with Crippen LogP contribution in [0, 0.1) is 6.92 Å². The zero-order valence-corrected chi connectivity index (χ0v) is 15.6. The van der Waals surface area contributed by atoms with Crippen molar-refractivity contribution in [2.45, 2.75) is 32.2 Å². The van der Waals surface area contributed by atoms with Crippen molar-refractivity contribution in [2.75, 3.05) is 39.5 Å². The molecule has 1 aromatic rings. The second-order valence-electron chi connectivity index (χ2n) is 6.57. The number of hydrogen-bond acceptors (Lipinski definition) is 5. The SMILES string of the molecule is CC(=O)N[C@H]1CN(CCCS(=O)(=O)N(C)C)C[C@@H]1c1ccc(C)o1. The van der Waals surface area contributed by atoms with E-state index >= 15 is 0 Å². The van der Waals surface area contributed by atoms with Gasteiger partial charge in [0.25, 0.3) is 0 Å². The summed E-state index contributed by atoms with van der Waals surface area (Å²) in [6, 6.07) is 3.86. The second-order valence-corrected chi connectivity index (χ2v) is 8.88. The monoisotopic (exact) mass is 357 g/mol. The Labute approximate surface area is 144 Å². The Morgan fingerprint density at radius 2 is 2.08 bits per heavy atom. The molecule has 0 spiro atoms. The number of likely N-dealkylation sites (tertiary alicyclic amines) is 1. The standard InChI is InChI=1S/C16H27N3O4S/c1-12-6-7-16(23-12)14-10-19(11-15(14)17-13(2)20)8-5-9-24(21,22)18(3)4/h6-7,14-15H,5,8-11H2,1-4H3,(H,17,20)/t14-,15-/m0/s1. The van der Waals surface area contributed by atoms with Crippen LogP contribution in [0.2, 0.25) is 0 Å². The molecular formula is C16H27N3O4S. The van der Waals surface area contributed by atoms with E-state index in [9.17, 15) is 13.2 Å². The third kappa shape index (κ3) is 4.81. The van der Waals surface area contributed by atoms with Gasteiger partial charge in [-0.1, -0.05) is 0 Å². The van der Waals surface area contributed by atoms with Crippen LogP contribution in [0.4, 0.5) is 0 Å². The van der Waals surface area contributed by atoms with Gasteiger partial charge in [-0.2, -0.15) is 0 Å². The first kappa shape index (κ1) is 19.0. The van der Waals surface area contributed by atoms with E-state index in [0.29, 0.717) is 19.5 Å². The molecule has 0 aromatic carbocycles. The summed E-state index contributed by atoms with van der Waals surface area (Å²) in [6.45, 7) is 5.54. The van der Waals surface area contributed by atoms with Crippen molar-refractivity contribution < 1.29 is 17.6 Å². The van der Waals surface area contributed by atoms with Crippen molar-refractivity contribution in [2.24, 2.45) is 0 Å². The summed E-state index contributed by atoms with van der Waals surface area (Å²) in [5, 5.41) is 2.99. The lowest BCUT2D eigenvalue weighted by atomic mass is 10.0. The maximum Gasteiger partial charge on any atom is 0.217 e. The fourth-order valence-electron chi connectivity index (χ4n) is 3.07. The molecule has 0 bridgehead atoms. The minimum absolute atomic E-state index is 0.0153. The Bertz CT molecular complexity index is 669. The summed E-state index contributed by atoms with van der Waals surface area (Å²) in [6.07, 6.45) is 0.567. The first-order valence-electron chi connectivity index (χ1n) is 8.15. The molecule has 0 aliphatic carbocycles. The largest absolute Gasteiger partial charge is 0.466 e. The topological polar surface area (TPSA) is 82.9 Å². The number of furan rings is 1. The predicted molar refractivity (Wildman–Crippen MR) is 92.3 cm³/mol. The number of aryl methyl sites for hydroxylation is 1. The quantitative estimate of drug-likeness (QED) is 0.779. The summed E-state index contributed by atoms with van der Waals surface area (Å²) in [5.41, 5.74) is 0. The number of hydrogen-bond donors (Lipinski definition) is 1. The van der Waals surface area contributed by atoms with Gasteiger partial charge in [0.15, 0.2) is 0 Å². The molecule has 1 fully saturated rings. The summed E-state index contributed by atoms with van der Waals surface area (Å²) >= 11 is 0. The third-order valence-corrected chi connectivity index (χ3v) is 6.26. The molecule has 1 amide bonds. The van der Waals surface area contributed by atoms with Gasteiger partial charge in [-0.05, 0) is 32.0 Å². The molecule has 1 aliphatic rings.